The molecule has 11 atom stereocenters. The molecule has 0 heterocycles. The van der Waals surface area contributed by atoms with Crippen LogP contribution in [0.5, 0.6) is 0 Å². The van der Waals surface area contributed by atoms with Crippen LogP contribution in [0.1, 0.15) is 98.8 Å². The van der Waals surface area contributed by atoms with Crippen LogP contribution in [0.4, 0.5) is 0 Å². The second-order valence-electron chi connectivity index (χ2n) is 13.5. The summed E-state index contributed by atoms with van der Waals surface area (Å²) in [6, 6.07) is -0.847. The SMILES string of the molecule is CC(C)C(NC(=O)CCC(C)[C@H]1CC[C@H]2[C@@H]3CC[C@@H]4C[C@H](O)CC[C@]4(C)[C@H]3C[C@H](O)[C@]12C)C(=O)O. The number of hydrogen-bond donors (Lipinski definition) is 4. The van der Waals surface area contributed by atoms with Crippen molar-refractivity contribution < 1.29 is 24.9 Å². The number of aliphatic hydroxyl groups is 2. The van der Waals surface area contributed by atoms with Gasteiger partial charge in [0.2, 0.25) is 5.91 Å². The van der Waals surface area contributed by atoms with Gasteiger partial charge in [0.25, 0.3) is 0 Å². The van der Waals surface area contributed by atoms with Gasteiger partial charge in [-0.15, -0.1) is 0 Å². The van der Waals surface area contributed by atoms with E-state index in [-0.39, 0.29) is 34.9 Å². The third-order valence-corrected chi connectivity index (χ3v) is 11.6. The molecule has 4 rings (SSSR count). The third-order valence-electron chi connectivity index (χ3n) is 11.6. The van der Waals surface area contributed by atoms with Crippen molar-refractivity contribution in [2.24, 2.45) is 52.3 Å². The molecule has 2 unspecified atom stereocenters. The van der Waals surface area contributed by atoms with Crippen LogP contribution >= 0.6 is 0 Å². The van der Waals surface area contributed by atoms with Crippen LogP contribution < -0.4 is 5.32 Å². The van der Waals surface area contributed by atoms with Gasteiger partial charge in [-0.25, -0.2) is 4.79 Å². The van der Waals surface area contributed by atoms with Gasteiger partial charge in [-0.05, 0) is 110 Å². The lowest BCUT2D eigenvalue weighted by molar-refractivity contribution is -0.175. The number of nitrogens with one attached hydrogen (secondary N) is 1. The van der Waals surface area contributed by atoms with Crippen LogP contribution in [-0.4, -0.2) is 45.4 Å². The normalized spacial score (nSPS) is 44.6. The lowest BCUT2D eigenvalue weighted by Gasteiger charge is -2.62. The second kappa shape index (κ2) is 9.96. The van der Waals surface area contributed by atoms with E-state index in [4.69, 9.17) is 0 Å². The van der Waals surface area contributed by atoms with Crippen molar-refractivity contribution in [2.75, 3.05) is 0 Å². The number of carboxylic acid groups (broad SMARTS) is 1. The van der Waals surface area contributed by atoms with E-state index in [9.17, 15) is 24.9 Å². The van der Waals surface area contributed by atoms with Crippen LogP contribution in [0.2, 0.25) is 0 Å². The first kappa shape index (κ1) is 26.9. The summed E-state index contributed by atoms with van der Waals surface area (Å²) in [4.78, 5) is 24.0. The molecule has 0 aliphatic heterocycles. The fourth-order valence-corrected chi connectivity index (χ4v) is 9.48. The highest BCUT2D eigenvalue weighted by molar-refractivity contribution is 5.83. The minimum Gasteiger partial charge on any atom is -0.480 e. The molecule has 4 aliphatic carbocycles. The Morgan fingerprint density at radius 2 is 1.69 bits per heavy atom. The number of hydrogen-bond acceptors (Lipinski definition) is 4. The molecule has 4 saturated carbocycles. The maximum Gasteiger partial charge on any atom is 0.326 e. The summed E-state index contributed by atoms with van der Waals surface area (Å²) in [6.45, 7) is 10.6. The molecule has 0 aromatic carbocycles. The van der Waals surface area contributed by atoms with Gasteiger partial charge in [0, 0.05) is 6.42 Å². The highest BCUT2D eigenvalue weighted by Gasteiger charge is 2.63. The minimum absolute atomic E-state index is 0.115. The third kappa shape index (κ3) is 4.67. The predicted molar refractivity (Wildman–Crippen MR) is 135 cm³/mol. The van der Waals surface area contributed by atoms with Crippen molar-refractivity contribution in [3.63, 3.8) is 0 Å². The van der Waals surface area contributed by atoms with E-state index in [2.05, 4.69) is 26.1 Å². The van der Waals surface area contributed by atoms with E-state index < -0.39 is 12.0 Å². The molecule has 6 nitrogen and oxygen atoms in total. The molecule has 4 aliphatic rings. The number of aliphatic carboxylic acids is 1. The van der Waals surface area contributed by atoms with Crippen molar-refractivity contribution in [1.29, 1.82) is 0 Å². The van der Waals surface area contributed by atoms with Crippen molar-refractivity contribution in [2.45, 2.75) is 117 Å². The average Bonchev–Trinajstić information content (AvgIpc) is 3.15. The first-order valence-electron chi connectivity index (χ1n) is 14.3. The van der Waals surface area contributed by atoms with E-state index in [1.807, 2.05) is 13.8 Å². The molecule has 0 radical (unpaired) electrons. The van der Waals surface area contributed by atoms with Gasteiger partial charge in [0.1, 0.15) is 6.04 Å². The summed E-state index contributed by atoms with van der Waals surface area (Å²) in [5.74, 6) is 1.68. The van der Waals surface area contributed by atoms with Gasteiger partial charge in [0.05, 0.1) is 12.2 Å². The van der Waals surface area contributed by atoms with Crippen molar-refractivity contribution >= 4 is 11.9 Å². The van der Waals surface area contributed by atoms with Crippen LogP contribution in [-0.2, 0) is 9.59 Å². The van der Waals surface area contributed by atoms with Crippen LogP contribution in [0.3, 0.4) is 0 Å². The van der Waals surface area contributed by atoms with Gasteiger partial charge >= 0.3 is 5.97 Å². The van der Waals surface area contributed by atoms with Crippen LogP contribution in [0.15, 0.2) is 0 Å². The minimum atomic E-state index is -0.983. The molecule has 0 spiro atoms. The maximum atomic E-state index is 12.5. The molecular formula is C29H49NO5. The topological polar surface area (TPSA) is 107 Å². The van der Waals surface area contributed by atoms with Crippen molar-refractivity contribution in [1.82, 2.24) is 5.32 Å². The Bertz CT molecular complexity index is 800. The standard InChI is InChI=1S/C29H49NO5/c1-16(2)26(27(34)35)30-25(33)11-6-17(3)21-9-10-22-20-8-7-18-14-19(31)12-13-28(18,4)23(20)15-24(32)29(21,22)5/h16-24,26,31-32H,6-15H2,1-5H3,(H,30,33)(H,34,35)/t17?,18-,19-,20+,21-,22+,23+,24+,26?,28+,29-/m1/s1. The molecule has 6 heteroatoms. The molecule has 0 saturated heterocycles. The van der Waals surface area contributed by atoms with Gasteiger partial charge in [-0.1, -0.05) is 34.6 Å². The fourth-order valence-electron chi connectivity index (χ4n) is 9.48. The molecule has 4 fully saturated rings. The molecule has 0 aromatic heterocycles. The summed E-state index contributed by atoms with van der Waals surface area (Å²) in [5, 5.41) is 34.0. The number of carbonyl (C=O) groups excluding carboxylic acids is 1. The first-order valence-corrected chi connectivity index (χ1v) is 14.3. The summed E-state index contributed by atoms with van der Waals surface area (Å²) in [7, 11) is 0. The monoisotopic (exact) mass is 491 g/mol. The molecule has 200 valence electrons. The number of carbonyl (C=O) groups is 2. The Kier molecular flexibility index (Phi) is 7.66. The van der Waals surface area contributed by atoms with Gasteiger partial charge in [-0.2, -0.15) is 0 Å². The average molecular weight is 492 g/mol. The van der Waals surface area contributed by atoms with E-state index in [0.29, 0.717) is 41.9 Å². The van der Waals surface area contributed by atoms with Crippen molar-refractivity contribution in [3.05, 3.63) is 0 Å². The number of aliphatic hydroxyl groups excluding tert-OH is 2. The predicted octanol–water partition coefficient (Wildman–Crippen LogP) is 4.62. The Hall–Kier alpha value is -1.14. The van der Waals surface area contributed by atoms with Crippen molar-refractivity contribution in [3.8, 4) is 0 Å². The highest BCUT2D eigenvalue weighted by atomic mass is 16.4. The Morgan fingerprint density at radius 3 is 2.34 bits per heavy atom. The van der Waals surface area contributed by atoms with Gasteiger partial charge < -0.3 is 20.6 Å². The molecule has 4 N–H and O–H groups in total. The number of fused-ring (bicyclic) bond motifs is 5. The summed E-state index contributed by atoms with van der Waals surface area (Å²) < 4.78 is 0. The van der Waals surface area contributed by atoms with E-state index in [1.54, 1.807) is 0 Å². The van der Waals surface area contributed by atoms with E-state index in [0.717, 1.165) is 44.9 Å². The zero-order valence-electron chi connectivity index (χ0n) is 22.5. The molecule has 35 heavy (non-hydrogen) atoms. The lowest BCUT2D eigenvalue weighted by Crippen LogP contribution is -2.58. The van der Waals surface area contributed by atoms with Gasteiger partial charge in [-0.3, -0.25) is 4.79 Å². The summed E-state index contributed by atoms with van der Waals surface area (Å²) in [6.07, 6.45) is 9.06. The Balaban J connectivity index is 1.42. The van der Waals surface area contributed by atoms with E-state index in [1.165, 1.54) is 12.8 Å². The zero-order valence-corrected chi connectivity index (χ0v) is 22.5. The molecule has 0 bridgehead atoms. The Labute approximate surface area is 211 Å². The lowest BCUT2D eigenvalue weighted by atomic mass is 9.43. The van der Waals surface area contributed by atoms with Crippen LogP contribution in [0.25, 0.3) is 0 Å². The number of carboxylic acids is 1. The quantitative estimate of drug-likeness (QED) is 0.416. The summed E-state index contributed by atoms with van der Waals surface area (Å²) in [5.41, 5.74) is 0.124. The number of amides is 1. The summed E-state index contributed by atoms with van der Waals surface area (Å²) >= 11 is 0. The Morgan fingerprint density at radius 1 is 0.971 bits per heavy atom. The van der Waals surface area contributed by atoms with E-state index >= 15 is 0 Å². The maximum absolute atomic E-state index is 12.5. The fraction of sp³-hybridized carbons (Fsp3) is 0.931. The zero-order chi connectivity index (χ0) is 25.7. The number of rotatable bonds is 7. The molecule has 1 amide bonds. The molecular weight excluding hydrogens is 442 g/mol. The largest absolute Gasteiger partial charge is 0.480 e. The van der Waals surface area contributed by atoms with Crippen LogP contribution in [0, 0.1) is 52.3 Å². The smallest absolute Gasteiger partial charge is 0.326 e. The highest BCUT2D eigenvalue weighted by Crippen LogP contribution is 2.68. The van der Waals surface area contributed by atoms with Gasteiger partial charge in [0.15, 0.2) is 0 Å². The molecule has 0 aromatic rings. The first-order chi connectivity index (χ1) is 16.4. The second-order valence-corrected chi connectivity index (χ2v) is 13.5.